The summed E-state index contributed by atoms with van der Waals surface area (Å²) in [6, 6.07) is -0.607. The Kier molecular flexibility index (Phi) is 7.50. The van der Waals surface area contributed by atoms with Gasteiger partial charge >= 0.3 is 0 Å². The van der Waals surface area contributed by atoms with Gasteiger partial charge in [0, 0.05) is 25.8 Å². The van der Waals surface area contributed by atoms with Gasteiger partial charge in [0.2, 0.25) is 15.9 Å². The summed E-state index contributed by atoms with van der Waals surface area (Å²) in [5.74, 6) is -0.292. The molecule has 0 saturated heterocycles. The smallest absolute Gasteiger partial charge is 0.236 e. The van der Waals surface area contributed by atoms with Crippen LogP contribution in [-0.4, -0.2) is 52.4 Å². The van der Waals surface area contributed by atoms with Gasteiger partial charge in [-0.05, 0) is 26.7 Å². The molecule has 0 aromatic rings. The van der Waals surface area contributed by atoms with Crippen molar-refractivity contribution in [3.8, 4) is 0 Å². The number of hydrogen-bond donors (Lipinski definition) is 3. The maximum Gasteiger partial charge on any atom is 0.236 e. The van der Waals surface area contributed by atoms with Gasteiger partial charge in [-0.3, -0.25) is 4.79 Å². The quantitative estimate of drug-likeness (QED) is 0.482. The van der Waals surface area contributed by atoms with E-state index in [1.165, 1.54) is 0 Å². The highest BCUT2D eigenvalue weighted by molar-refractivity contribution is 7.88. The lowest BCUT2D eigenvalue weighted by molar-refractivity contribution is -0.122. The molecular weight excluding hydrogens is 270 g/mol. The lowest BCUT2D eigenvalue weighted by Crippen LogP contribution is -2.53. The van der Waals surface area contributed by atoms with E-state index >= 15 is 0 Å². The number of sulfonamides is 1. The Morgan fingerprint density at radius 2 is 2.00 bits per heavy atom. The fourth-order valence-corrected chi connectivity index (χ4v) is 2.63. The summed E-state index contributed by atoms with van der Waals surface area (Å²) in [5, 5.41) is 2.64. The van der Waals surface area contributed by atoms with E-state index in [2.05, 4.69) is 10.0 Å². The first-order valence-electron chi connectivity index (χ1n) is 6.08. The first kappa shape index (κ1) is 18.3. The zero-order chi connectivity index (χ0) is 15.1. The predicted octanol–water partition coefficient (Wildman–Crippen LogP) is -0.816. The Balaban J connectivity index is 4.13. The first-order chi connectivity index (χ1) is 8.57. The number of nitrogens with two attached hydrogens (primary N) is 1. The Bertz CT molecular complexity index is 381. The fraction of sp³-hybridized carbons (Fsp3) is 0.909. The van der Waals surface area contributed by atoms with Crippen LogP contribution in [-0.2, 0) is 19.6 Å². The van der Waals surface area contributed by atoms with Gasteiger partial charge in [-0.1, -0.05) is 0 Å². The van der Waals surface area contributed by atoms with Crippen LogP contribution in [0.2, 0.25) is 0 Å². The van der Waals surface area contributed by atoms with E-state index in [9.17, 15) is 13.2 Å². The summed E-state index contributed by atoms with van der Waals surface area (Å²) >= 11 is 0. The molecular formula is C11H25N3O4S. The fourth-order valence-electron chi connectivity index (χ4n) is 1.56. The van der Waals surface area contributed by atoms with Gasteiger partial charge < -0.3 is 15.8 Å². The molecule has 0 bridgehead atoms. The molecule has 4 N–H and O–H groups in total. The van der Waals surface area contributed by atoms with Gasteiger partial charge in [0.05, 0.1) is 12.3 Å². The SMILES string of the molecule is COCCCC(N)C(=O)NCC(C)(C)NS(C)(=O)=O. The molecule has 1 atom stereocenters. The van der Waals surface area contributed by atoms with Crippen molar-refractivity contribution < 1.29 is 17.9 Å². The molecule has 0 aromatic carbocycles. The summed E-state index contributed by atoms with van der Waals surface area (Å²) < 4.78 is 29.6. The minimum absolute atomic E-state index is 0.177. The number of methoxy groups -OCH3 is 1. The summed E-state index contributed by atoms with van der Waals surface area (Å²) in [7, 11) is -1.73. The minimum Gasteiger partial charge on any atom is -0.385 e. The van der Waals surface area contributed by atoms with Gasteiger partial charge in [0.25, 0.3) is 0 Å². The number of carbonyl (C=O) groups is 1. The van der Waals surface area contributed by atoms with Crippen LogP contribution in [0.5, 0.6) is 0 Å². The third-order valence-corrected chi connectivity index (χ3v) is 3.29. The molecule has 0 radical (unpaired) electrons. The predicted molar refractivity (Wildman–Crippen MR) is 74.2 cm³/mol. The highest BCUT2D eigenvalue weighted by Crippen LogP contribution is 2.02. The van der Waals surface area contributed by atoms with Crippen LogP contribution in [0.4, 0.5) is 0 Å². The third-order valence-electron chi connectivity index (χ3n) is 2.37. The van der Waals surface area contributed by atoms with Crippen molar-refractivity contribution in [3.05, 3.63) is 0 Å². The Hall–Kier alpha value is -0.700. The molecule has 0 rings (SSSR count). The van der Waals surface area contributed by atoms with Crippen molar-refractivity contribution in [2.24, 2.45) is 5.73 Å². The van der Waals surface area contributed by atoms with Crippen LogP contribution in [0.1, 0.15) is 26.7 Å². The molecule has 1 unspecified atom stereocenters. The topological polar surface area (TPSA) is 111 Å². The number of carbonyl (C=O) groups excluding carboxylic acids is 1. The molecule has 7 nitrogen and oxygen atoms in total. The van der Waals surface area contributed by atoms with E-state index in [0.717, 1.165) is 6.26 Å². The molecule has 0 aliphatic rings. The summed E-state index contributed by atoms with van der Waals surface area (Å²) in [6.07, 6.45) is 2.31. The van der Waals surface area contributed by atoms with Crippen LogP contribution in [0.25, 0.3) is 0 Å². The number of rotatable bonds is 9. The second-order valence-corrected chi connectivity index (χ2v) is 6.97. The monoisotopic (exact) mass is 295 g/mol. The van der Waals surface area contributed by atoms with E-state index in [4.69, 9.17) is 10.5 Å². The molecule has 1 amide bonds. The van der Waals surface area contributed by atoms with Crippen molar-refractivity contribution >= 4 is 15.9 Å². The maximum absolute atomic E-state index is 11.7. The summed E-state index contributed by atoms with van der Waals surface area (Å²) in [4.78, 5) is 11.7. The number of nitrogens with one attached hydrogen (secondary N) is 2. The Labute approximate surface area is 115 Å². The minimum atomic E-state index is -3.32. The molecule has 0 aliphatic heterocycles. The van der Waals surface area contributed by atoms with Gasteiger partial charge in [0.1, 0.15) is 0 Å². The van der Waals surface area contributed by atoms with Crippen molar-refractivity contribution in [3.63, 3.8) is 0 Å². The average molecular weight is 295 g/mol. The van der Waals surface area contributed by atoms with Crippen molar-refractivity contribution in [2.45, 2.75) is 38.3 Å². The van der Waals surface area contributed by atoms with Crippen molar-refractivity contribution in [1.82, 2.24) is 10.0 Å². The molecule has 0 aliphatic carbocycles. The molecule has 0 heterocycles. The second kappa shape index (κ2) is 7.78. The number of ether oxygens (including phenoxy) is 1. The standard InChI is InChI=1S/C11H25N3O4S/c1-11(2,14-19(4,16)17)8-13-10(15)9(12)6-5-7-18-3/h9,14H,5-8,12H2,1-4H3,(H,13,15). The maximum atomic E-state index is 11.7. The Morgan fingerprint density at radius 1 is 1.42 bits per heavy atom. The van der Waals surface area contributed by atoms with Crippen LogP contribution in [0, 0.1) is 0 Å². The average Bonchev–Trinajstić information content (AvgIpc) is 2.23. The first-order valence-corrected chi connectivity index (χ1v) is 7.98. The Morgan fingerprint density at radius 3 is 2.47 bits per heavy atom. The van der Waals surface area contributed by atoms with Gasteiger partial charge in [-0.15, -0.1) is 0 Å². The van der Waals surface area contributed by atoms with Crippen molar-refractivity contribution in [2.75, 3.05) is 26.5 Å². The molecule has 114 valence electrons. The third kappa shape index (κ3) is 9.83. The number of hydrogen-bond acceptors (Lipinski definition) is 5. The highest BCUT2D eigenvalue weighted by atomic mass is 32.2. The van der Waals surface area contributed by atoms with E-state index in [-0.39, 0.29) is 12.5 Å². The van der Waals surface area contributed by atoms with E-state index in [0.29, 0.717) is 19.4 Å². The second-order valence-electron chi connectivity index (χ2n) is 5.22. The summed E-state index contributed by atoms with van der Waals surface area (Å²) in [5.41, 5.74) is 4.95. The largest absolute Gasteiger partial charge is 0.385 e. The van der Waals surface area contributed by atoms with E-state index in [1.807, 2.05) is 0 Å². The lowest BCUT2D eigenvalue weighted by Gasteiger charge is -2.26. The zero-order valence-corrected chi connectivity index (χ0v) is 12.8. The van der Waals surface area contributed by atoms with Gasteiger partial charge in [0.15, 0.2) is 0 Å². The van der Waals surface area contributed by atoms with Crippen LogP contribution >= 0.6 is 0 Å². The van der Waals surface area contributed by atoms with Crippen molar-refractivity contribution in [1.29, 1.82) is 0 Å². The van der Waals surface area contributed by atoms with Crippen LogP contribution < -0.4 is 15.8 Å². The van der Waals surface area contributed by atoms with Gasteiger partial charge in [-0.25, -0.2) is 13.1 Å². The van der Waals surface area contributed by atoms with E-state index < -0.39 is 21.6 Å². The molecule has 0 aromatic heterocycles. The molecule has 0 fully saturated rings. The molecule has 0 saturated carbocycles. The zero-order valence-electron chi connectivity index (χ0n) is 12.0. The van der Waals surface area contributed by atoms with Gasteiger partial charge in [-0.2, -0.15) is 0 Å². The highest BCUT2D eigenvalue weighted by Gasteiger charge is 2.23. The normalized spacial score (nSPS) is 14.2. The van der Waals surface area contributed by atoms with Crippen LogP contribution in [0.3, 0.4) is 0 Å². The number of amides is 1. The van der Waals surface area contributed by atoms with E-state index in [1.54, 1.807) is 21.0 Å². The molecule has 0 spiro atoms. The molecule has 8 heteroatoms. The molecule has 19 heavy (non-hydrogen) atoms. The lowest BCUT2D eigenvalue weighted by atomic mass is 10.1. The summed E-state index contributed by atoms with van der Waals surface area (Å²) in [6.45, 7) is 4.11. The van der Waals surface area contributed by atoms with Crippen LogP contribution in [0.15, 0.2) is 0 Å².